The molecule has 1 saturated heterocycles. The van der Waals surface area contributed by atoms with Gasteiger partial charge in [-0.15, -0.1) is 17.5 Å². The third-order valence-corrected chi connectivity index (χ3v) is 7.02. The number of thioether (sulfide) groups is 1. The number of aromatic nitrogens is 3. The van der Waals surface area contributed by atoms with Gasteiger partial charge in [0, 0.05) is 36.7 Å². The number of carboxylic acid groups (broad SMARTS) is 1. The molecule has 1 aliphatic heterocycles. The second kappa shape index (κ2) is 11.2. The molecule has 0 bridgehead atoms. The molecule has 2 heterocycles. The van der Waals surface area contributed by atoms with Gasteiger partial charge >= 0.3 is 5.97 Å². The number of carboxylic acids is 1. The Morgan fingerprint density at radius 1 is 1.26 bits per heavy atom. The Hall–Kier alpha value is -2.56. The highest BCUT2D eigenvalue weighted by molar-refractivity contribution is 8.14. The Morgan fingerprint density at radius 2 is 2.00 bits per heavy atom. The zero-order valence-corrected chi connectivity index (χ0v) is 20.2. The number of hydrogen-bond donors (Lipinski definition) is 1. The van der Waals surface area contributed by atoms with Gasteiger partial charge in [0.1, 0.15) is 12.4 Å². The van der Waals surface area contributed by atoms with Gasteiger partial charge in [-0.25, -0.2) is 9.07 Å². The fraction of sp³-hybridized carbons (Fsp3) is 0.435. The van der Waals surface area contributed by atoms with Crippen LogP contribution in [-0.2, 0) is 20.9 Å². The van der Waals surface area contributed by atoms with Gasteiger partial charge in [-0.05, 0) is 37.0 Å². The molecule has 2 unspecified atom stereocenters. The van der Waals surface area contributed by atoms with Crippen molar-refractivity contribution in [1.82, 2.24) is 19.9 Å². The average molecular weight is 509 g/mol. The number of piperidine rings is 1. The van der Waals surface area contributed by atoms with Crippen LogP contribution in [-0.4, -0.2) is 60.2 Å². The number of halogens is 2. The van der Waals surface area contributed by atoms with Crippen molar-refractivity contribution in [3.8, 4) is 0 Å². The first-order valence-electron chi connectivity index (χ1n) is 10.8. The summed E-state index contributed by atoms with van der Waals surface area (Å²) < 4.78 is 16.0. The molecule has 0 spiro atoms. The first-order chi connectivity index (χ1) is 15.8. The topological polar surface area (TPSA) is 105 Å². The SMILES string of the molecule is CC(=O)SC1CCN(C(C(=O)C2CC2)c2ccccc2F)C/C1=C\c1cnnn1CC(=O)O.Cl. The van der Waals surface area contributed by atoms with Crippen LogP contribution in [0.2, 0.25) is 0 Å². The van der Waals surface area contributed by atoms with Crippen molar-refractivity contribution in [2.24, 2.45) is 5.92 Å². The highest BCUT2D eigenvalue weighted by atomic mass is 35.5. The molecule has 2 aliphatic rings. The normalized spacial score (nSPS) is 20.5. The molecule has 0 amide bonds. The van der Waals surface area contributed by atoms with Crippen molar-refractivity contribution in [2.75, 3.05) is 13.1 Å². The minimum atomic E-state index is -1.05. The monoisotopic (exact) mass is 508 g/mol. The van der Waals surface area contributed by atoms with E-state index in [4.69, 9.17) is 5.11 Å². The Balaban J connectivity index is 0.00000324. The maximum Gasteiger partial charge on any atom is 0.325 e. The van der Waals surface area contributed by atoms with Crippen LogP contribution in [0.5, 0.6) is 0 Å². The first-order valence-corrected chi connectivity index (χ1v) is 11.7. The van der Waals surface area contributed by atoms with Gasteiger partial charge in [-0.3, -0.25) is 19.3 Å². The van der Waals surface area contributed by atoms with E-state index < -0.39 is 17.8 Å². The number of aliphatic carboxylic acids is 1. The molecular formula is C23H26ClFN4O4S. The summed E-state index contributed by atoms with van der Waals surface area (Å²) in [6, 6.07) is 5.67. The summed E-state index contributed by atoms with van der Waals surface area (Å²) in [6.45, 7) is 2.04. The Kier molecular flexibility index (Phi) is 8.62. The molecule has 4 rings (SSSR count). The maximum absolute atomic E-state index is 14.7. The second-order valence-corrected chi connectivity index (χ2v) is 9.77. The summed E-state index contributed by atoms with van der Waals surface area (Å²) in [5, 5.41) is 16.6. The first kappa shape index (κ1) is 26.1. The summed E-state index contributed by atoms with van der Waals surface area (Å²) >= 11 is 1.21. The van der Waals surface area contributed by atoms with Crippen LogP contribution in [0.3, 0.4) is 0 Å². The third-order valence-electron chi connectivity index (χ3n) is 5.87. The van der Waals surface area contributed by atoms with Gasteiger partial charge in [0.25, 0.3) is 0 Å². The van der Waals surface area contributed by atoms with Gasteiger partial charge in [0.05, 0.1) is 17.9 Å². The van der Waals surface area contributed by atoms with E-state index in [-0.39, 0.29) is 41.0 Å². The number of ketones is 1. The molecule has 182 valence electrons. The summed E-state index contributed by atoms with van der Waals surface area (Å²) in [6.07, 6.45) is 5.50. The van der Waals surface area contributed by atoms with Crippen molar-refractivity contribution in [1.29, 1.82) is 0 Å². The summed E-state index contributed by atoms with van der Waals surface area (Å²) in [5.74, 6) is -1.48. The van der Waals surface area contributed by atoms with E-state index in [2.05, 4.69) is 10.3 Å². The van der Waals surface area contributed by atoms with Crippen molar-refractivity contribution >= 4 is 47.1 Å². The van der Waals surface area contributed by atoms with Crippen LogP contribution in [0.4, 0.5) is 4.39 Å². The van der Waals surface area contributed by atoms with Crippen LogP contribution < -0.4 is 0 Å². The number of benzene rings is 1. The number of hydrogen-bond acceptors (Lipinski definition) is 7. The van der Waals surface area contributed by atoms with Gasteiger partial charge in [-0.2, -0.15) is 0 Å². The molecule has 1 aromatic carbocycles. The molecule has 34 heavy (non-hydrogen) atoms. The molecule has 1 aromatic heterocycles. The average Bonchev–Trinajstić information content (AvgIpc) is 3.53. The highest BCUT2D eigenvalue weighted by Crippen LogP contribution is 2.40. The number of carbonyl (C=O) groups excluding carboxylic acids is 2. The Bertz CT molecular complexity index is 1100. The largest absolute Gasteiger partial charge is 0.480 e. The number of carbonyl (C=O) groups is 3. The van der Waals surface area contributed by atoms with Gasteiger partial charge in [0.15, 0.2) is 10.9 Å². The van der Waals surface area contributed by atoms with Crippen LogP contribution in [0, 0.1) is 11.7 Å². The lowest BCUT2D eigenvalue weighted by Crippen LogP contribution is -2.43. The number of likely N-dealkylation sites (tertiary alicyclic amines) is 1. The Morgan fingerprint density at radius 3 is 2.65 bits per heavy atom. The minimum absolute atomic E-state index is 0. The van der Waals surface area contributed by atoms with Crippen LogP contribution in [0.15, 0.2) is 36.0 Å². The quantitative estimate of drug-likeness (QED) is 0.578. The molecule has 0 radical (unpaired) electrons. The van der Waals surface area contributed by atoms with E-state index in [0.717, 1.165) is 18.4 Å². The Labute approximate surface area is 207 Å². The zero-order valence-electron chi connectivity index (χ0n) is 18.6. The van der Waals surface area contributed by atoms with Gasteiger partial charge in [0.2, 0.25) is 0 Å². The molecule has 8 nitrogen and oxygen atoms in total. The molecule has 2 fully saturated rings. The predicted molar refractivity (Wildman–Crippen MR) is 128 cm³/mol. The second-order valence-electron chi connectivity index (χ2n) is 8.39. The van der Waals surface area contributed by atoms with E-state index in [0.29, 0.717) is 30.8 Å². The van der Waals surface area contributed by atoms with Crippen molar-refractivity contribution in [3.05, 3.63) is 53.1 Å². The van der Waals surface area contributed by atoms with Crippen molar-refractivity contribution < 1.29 is 23.9 Å². The maximum atomic E-state index is 14.7. The number of Topliss-reactive ketones (excluding diaryl/α,β-unsaturated/α-hetero) is 1. The van der Waals surface area contributed by atoms with E-state index in [1.54, 1.807) is 24.3 Å². The zero-order chi connectivity index (χ0) is 23.5. The highest BCUT2D eigenvalue weighted by Gasteiger charge is 2.41. The molecule has 2 atom stereocenters. The lowest BCUT2D eigenvalue weighted by atomic mass is 9.93. The minimum Gasteiger partial charge on any atom is -0.480 e. The van der Waals surface area contributed by atoms with E-state index in [1.165, 1.54) is 35.6 Å². The van der Waals surface area contributed by atoms with Crippen LogP contribution in [0.25, 0.3) is 6.08 Å². The molecule has 11 heteroatoms. The smallest absolute Gasteiger partial charge is 0.325 e. The summed E-state index contributed by atoms with van der Waals surface area (Å²) in [7, 11) is 0. The van der Waals surface area contributed by atoms with E-state index >= 15 is 0 Å². The standard InChI is InChI=1S/C23H25FN4O4S.ClH/c1-14(29)33-20-8-9-27(12-16(20)10-17-11-25-26-28(17)13-21(30)31)22(23(32)15-6-7-15)18-4-2-3-5-19(18)24;/h2-5,10-11,15,20,22H,6-9,12-13H2,1H3,(H,30,31);1H/b16-10+;. The van der Waals surface area contributed by atoms with Crippen LogP contribution in [0.1, 0.15) is 43.5 Å². The number of nitrogens with zero attached hydrogens (tertiary/aromatic N) is 4. The summed E-state index contributed by atoms with van der Waals surface area (Å²) in [4.78, 5) is 38.2. The lowest BCUT2D eigenvalue weighted by molar-refractivity contribution is -0.138. The number of rotatable bonds is 8. The lowest BCUT2D eigenvalue weighted by Gasteiger charge is -2.38. The van der Waals surface area contributed by atoms with Gasteiger partial charge < -0.3 is 5.11 Å². The van der Waals surface area contributed by atoms with Crippen LogP contribution >= 0.6 is 24.2 Å². The fourth-order valence-electron chi connectivity index (χ4n) is 4.21. The van der Waals surface area contributed by atoms with E-state index in [9.17, 15) is 18.8 Å². The predicted octanol–water partition coefficient (Wildman–Crippen LogP) is 3.38. The fourth-order valence-corrected chi connectivity index (χ4v) is 5.13. The summed E-state index contributed by atoms with van der Waals surface area (Å²) in [5.41, 5.74) is 1.71. The molecule has 1 saturated carbocycles. The van der Waals surface area contributed by atoms with Gasteiger partial charge in [-0.1, -0.05) is 35.2 Å². The van der Waals surface area contributed by atoms with E-state index in [1.807, 2.05) is 4.90 Å². The molecule has 1 N–H and O–H groups in total. The van der Waals surface area contributed by atoms with Crippen molar-refractivity contribution in [3.63, 3.8) is 0 Å². The van der Waals surface area contributed by atoms with Crippen molar-refractivity contribution in [2.45, 2.75) is 44.0 Å². The molecule has 1 aliphatic carbocycles. The molecule has 2 aromatic rings. The molecular weight excluding hydrogens is 483 g/mol. The third kappa shape index (κ3) is 6.11.